The number of hydrogen-bond acceptors (Lipinski definition) is 6. The summed E-state index contributed by atoms with van der Waals surface area (Å²) in [4.78, 5) is 26.9. The molecule has 0 saturated carbocycles. The van der Waals surface area contributed by atoms with Gasteiger partial charge in [-0.05, 0) is 6.92 Å². The second-order valence-electron chi connectivity index (χ2n) is 3.46. The van der Waals surface area contributed by atoms with Gasteiger partial charge in [0.25, 0.3) is 5.56 Å². The third-order valence-corrected chi connectivity index (χ3v) is 2.87. The largest absolute Gasteiger partial charge is 0.480 e. The van der Waals surface area contributed by atoms with Crippen LogP contribution < -0.4 is 10.9 Å². The summed E-state index contributed by atoms with van der Waals surface area (Å²) in [6.07, 6.45) is 0. The van der Waals surface area contributed by atoms with E-state index in [1.807, 2.05) is 0 Å². The number of nitrogens with one attached hydrogen (secondary N) is 1. The molecule has 1 atom stereocenters. The van der Waals surface area contributed by atoms with Crippen molar-refractivity contribution < 1.29 is 9.90 Å². The van der Waals surface area contributed by atoms with Crippen molar-refractivity contribution in [2.45, 2.75) is 19.5 Å². The zero-order chi connectivity index (χ0) is 12.4. The number of hydrogen-bond donors (Lipinski definition) is 2. The normalized spacial score (nSPS) is 12.8. The smallest absolute Gasteiger partial charge is 0.320 e. The van der Waals surface area contributed by atoms with Crippen molar-refractivity contribution in [3.8, 4) is 0 Å². The topological polar surface area (TPSA) is 96.6 Å². The van der Waals surface area contributed by atoms with E-state index in [9.17, 15) is 9.59 Å². The number of aliphatic carboxylic acids is 1. The molecule has 2 aromatic rings. The fourth-order valence-electron chi connectivity index (χ4n) is 1.24. The van der Waals surface area contributed by atoms with E-state index in [1.165, 1.54) is 34.4 Å². The van der Waals surface area contributed by atoms with Gasteiger partial charge in [-0.15, -0.1) is 0 Å². The first kappa shape index (κ1) is 11.7. The first-order valence-corrected chi connectivity index (χ1v) is 5.74. The number of aromatic nitrogens is 3. The highest BCUT2D eigenvalue weighted by Crippen LogP contribution is 2.03. The second-order valence-corrected chi connectivity index (χ2v) is 4.27. The summed E-state index contributed by atoms with van der Waals surface area (Å²) in [6.45, 7) is 1.76. The van der Waals surface area contributed by atoms with Crippen LogP contribution in [0.15, 0.2) is 16.4 Å². The van der Waals surface area contributed by atoms with Crippen LogP contribution in [0.3, 0.4) is 0 Å². The molecule has 2 rings (SSSR count). The van der Waals surface area contributed by atoms with Gasteiger partial charge in [-0.2, -0.15) is 9.61 Å². The van der Waals surface area contributed by atoms with Gasteiger partial charge >= 0.3 is 5.97 Å². The zero-order valence-corrected chi connectivity index (χ0v) is 9.77. The standard InChI is InChI=1S/C9H10N4O3S/c1-5(8(15)16)10-3-6-2-7(14)13-9(12-6)17-4-11-13/h2,4-5,10H,3H2,1H3,(H,15,16). The molecule has 0 saturated heterocycles. The van der Waals surface area contributed by atoms with Crippen molar-refractivity contribution in [1.82, 2.24) is 19.9 Å². The van der Waals surface area contributed by atoms with E-state index < -0.39 is 12.0 Å². The molecule has 0 fully saturated rings. The molecule has 1 unspecified atom stereocenters. The summed E-state index contributed by atoms with van der Waals surface area (Å²) in [5, 5.41) is 15.3. The third kappa shape index (κ3) is 2.48. The lowest BCUT2D eigenvalue weighted by Crippen LogP contribution is -2.33. The molecule has 8 heteroatoms. The predicted octanol–water partition coefficient (Wildman–Crippen LogP) is -0.286. The molecular formula is C9H10N4O3S. The minimum absolute atomic E-state index is 0.233. The predicted molar refractivity (Wildman–Crippen MR) is 61.1 cm³/mol. The maximum atomic E-state index is 11.6. The number of carboxylic acid groups (broad SMARTS) is 1. The molecule has 17 heavy (non-hydrogen) atoms. The average Bonchev–Trinajstić information content (AvgIpc) is 2.74. The van der Waals surface area contributed by atoms with E-state index >= 15 is 0 Å². The van der Waals surface area contributed by atoms with Crippen LogP contribution >= 0.6 is 11.3 Å². The summed E-state index contributed by atoms with van der Waals surface area (Å²) in [5.41, 5.74) is 1.77. The van der Waals surface area contributed by atoms with Crippen LogP contribution in [0, 0.1) is 0 Å². The monoisotopic (exact) mass is 254 g/mol. The molecule has 2 heterocycles. The minimum Gasteiger partial charge on any atom is -0.480 e. The number of rotatable bonds is 4. The molecule has 0 bridgehead atoms. The first-order valence-electron chi connectivity index (χ1n) is 4.86. The number of nitrogens with zero attached hydrogens (tertiary/aromatic N) is 3. The van der Waals surface area contributed by atoms with Gasteiger partial charge < -0.3 is 5.11 Å². The Balaban J connectivity index is 2.19. The number of fused-ring (bicyclic) bond motifs is 1. The van der Waals surface area contributed by atoms with Crippen LogP contribution in [0.2, 0.25) is 0 Å². The molecule has 2 aromatic heterocycles. The van der Waals surface area contributed by atoms with Gasteiger partial charge in [-0.3, -0.25) is 14.9 Å². The lowest BCUT2D eigenvalue weighted by atomic mass is 10.3. The second kappa shape index (κ2) is 4.60. The van der Waals surface area contributed by atoms with Crippen LogP contribution in [0.1, 0.15) is 12.6 Å². The van der Waals surface area contributed by atoms with E-state index in [2.05, 4.69) is 15.4 Å². The van der Waals surface area contributed by atoms with Crippen LogP contribution in [0.25, 0.3) is 4.96 Å². The fraction of sp³-hybridized carbons (Fsp3) is 0.333. The summed E-state index contributed by atoms with van der Waals surface area (Å²) in [5.74, 6) is -0.944. The SMILES string of the molecule is CC(NCc1cc(=O)n2ncsc2n1)C(=O)O. The van der Waals surface area contributed by atoms with Gasteiger partial charge in [-0.25, -0.2) is 4.98 Å². The van der Waals surface area contributed by atoms with Crippen molar-refractivity contribution in [3.05, 3.63) is 27.6 Å². The Kier molecular flexibility index (Phi) is 3.16. The van der Waals surface area contributed by atoms with Gasteiger partial charge in [-0.1, -0.05) is 11.3 Å². The van der Waals surface area contributed by atoms with Crippen molar-refractivity contribution >= 4 is 22.3 Å². The molecule has 0 aromatic carbocycles. The number of carbonyl (C=O) groups is 1. The molecule has 0 aliphatic rings. The van der Waals surface area contributed by atoms with Crippen molar-refractivity contribution in [3.63, 3.8) is 0 Å². The maximum Gasteiger partial charge on any atom is 0.320 e. The Bertz CT molecular complexity index is 606. The quantitative estimate of drug-likeness (QED) is 0.778. The van der Waals surface area contributed by atoms with Crippen molar-refractivity contribution in [2.24, 2.45) is 0 Å². The molecule has 0 aliphatic heterocycles. The maximum absolute atomic E-state index is 11.6. The van der Waals surface area contributed by atoms with E-state index in [0.29, 0.717) is 10.7 Å². The molecule has 2 N–H and O–H groups in total. The highest BCUT2D eigenvalue weighted by atomic mass is 32.1. The van der Waals surface area contributed by atoms with E-state index in [1.54, 1.807) is 0 Å². The summed E-state index contributed by atoms with van der Waals surface area (Å²) in [6, 6.07) is 0.658. The van der Waals surface area contributed by atoms with Crippen LogP contribution in [-0.2, 0) is 11.3 Å². The molecule has 90 valence electrons. The van der Waals surface area contributed by atoms with Crippen LogP contribution in [-0.4, -0.2) is 31.7 Å². The average molecular weight is 254 g/mol. The van der Waals surface area contributed by atoms with Gasteiger partial charge in [0.1, 0.15) is 11.6 Å². The minimum atomic E-state index is -0.944. The Hall–Kier alpha value is -1.80. The molecule has 7 nitrogen and oxygen atoms in total. The lowest BCUT2D eigenvalue weighted by Gasteiger charge is -2.07. The Morgan fingerprint density at radius 2 is 2.47 bits per heavy atom. The fourth-order valence-corrected chi connectivity index (χ4v) is 1.88. The Morgan fingerprint density at radius 3 is 3.18 bits per heavy atom. The number of carboxylic acids is 1. The molecule has 0 radical (unpaired) electrons. The van der Waals surface area contributed by atoms with Gasteiger partial charge in [0, 0.05) is 12.6 Å². The summed E-state index contributed by atoms with van der Waals surface area (Å²) < 4.78 is 1.20. The Labute approximate surface area is 99.7 Å². The highest BCUT2D eigenvalue weighted by Gasteiger charge is 2.11. The molecule has 0 amide bonds. The summed E-state index contributed by atoms with van der Waals surface area (Å²) in [7, 11) is 0. The van der Waals surface area contributed by atoms with Gasteiger partial charge in [0.05, 0.1) is 5.69 Å². The van der Waals surface area contributed by atoms with Gasteiger partial charge in [0.2, 0.25) is 4.96 Å². The van der Waals surface area contributed by atoms with Crippen LogP contribution in [0.4, 0.5) is 0 Å². The van der Waals surface area contributed by atoms with Crippen molar-refractivity contribution in [2.75, 3.05) is 0 Å². The molecule has 0 spiro atoms. The van der Waals surface area contributed by atoms with E-state index in [4.69, 9.17) is 5.11 Å². The van der Waals surface area contributed by atoms with E-state index in [0.717, 1.165) is 0 Å². The van der Waals surface area contributed by atoms with Crippen molar-refractivity contribution in [1.29, 1.82) is 0 Å². The first-order chi connectivity index (χ1) is 8.08. The molecule has 0 aliphatic carbocycles. The zero-order valence-electron chi connectivity index (χ0n) is 8.95. The highest BCUT2D eigenvalue weighted by molar-refractivity contribution is 7.14. The third-order valence-electron chi connectivity index (χ3n) is 2.20. The van der Waals surface area contributed by atoms with Gasteiger partial charge in [0.15, 0.2) is 0 Å². The summed E-state index contributed by atoms with van der Waals surface area (Å²) >= 11 is 1.25. The molecular weight excluding hydrogens is 244 g/mol. The van der Waals surface area contributed by atoms with Crippen LogP contribution in [0.5, 0.6) is 0 Å². The lowest BCUT2D eigenvalue weighted by molar-refractivity contribution is -0.139. The Morgan fingerprint density at radius 1 is 1.71 bits per heavy atom. The van der Waals surface area contributed by atoms with E-state index in [-0.39, 0.29) is 12.1 Å².